The molecule has 0 unspecified atom stereocenters. The number of carbonyl (C=O) groups is 1. The highest BCUT2D eigenvalue weighted by molar-refractivity contribution is 5.94. The summed E-state index contributed by atoms with van der Waals surface area (Å²) in [4.78, 5) is 12.4. The van der Waals surface area contributed by atoms with Gasteiger partial charge in [-0.3, -0.25) is 9.48 Å². The average Bonchev–Trinajstić information content (AvgIpc) is 3.19. The second-order valence-corrected chi connectivity index (χ2v) is 7.40. The Morgan fingerprint density at radius 1 is 1.36 bits per heavy atom. The Kier molecular flexibility index (Phi) is 4.26. The van der Waals surface area contributed by atoms with E-state index in [0.717, 1.165) is 30.6 Å². The van der Waals surface area contributed by atoms with Gasteiger partial charge in [-0.1, -0.05) is 0 Å². The van der Waals surface area contributed by atoms with Crippen molar-refractivity contribution >= 4 is 11.7 Å². The number of hydrogen-bond acceptors (Lipinski definition) is 3. The van der Waals surface area contributed by atoms with Crippen molar-refractivity contribution in [2.45, 2.75) is 65.0 Å². The highest BCUT2D eigenvalue weighted by Gasteiger charge is 2.48. The predicted octanol–water partition coefficient (Wildman–Crippen LogP) is 2.86. The van der Waals surface area contributed by atoms with Gasteiger partial charge in [-0.25, -0.2) is 0 Å². The van der Waals surface area contributed by atoms with Gasteiger partial charge in [0.05, 0.1) is 0 Å². The number of nitrogens with zero attached hydrogens (tertiary/aromatic N) is 2. The van der Waals surface area contributed by atoms with Crippen LogP contribution < -0.4 is 11.1 Å². The van der Waals surface area contributed by atoms with Crippen molar-refractivity contribution in [3.8, 4) is 0 Å². The lowest BCUT2D eigenvalue weighted by Crippen LogP contribution is -2.28. The maximum absolute atomic E-state index is 12.4. The number of anilines is 1. The topological polar surface area (TPSA) is 72.9 Å². The summed E-state index contributed by atoms with van der Waals surface area (Å²) in [6.45, 7) is 6.17. The standard InChI is InChI=1S/C17H28N4O/c1-10(2)21-9-11(3)16(20-21)19-17(22)15-8-14(15)12-4-6-13(18)7-5-12/h9-10,12-15H,4-8,18H2,1-3H3,(H,19,20,22)/t12?,13?,14-,15+/m0/s1. The fourth-order valence-corrected chi connectivity index (χ4v) is 3.69. The molecule has 0 spiro atoms. The van der Waals surface area contributed by atoms with Gasteiger partial charge in [-0.2, -0.15) is 5.10 Å². The van der Waals surface area contributed by atoms with Crippen LogP contribution in [0.15, 0.2) is 6.20 Å². The average molecular weight is 304 g/mol. The number of amides is 1. The summed E-state index contributed by atoms with van der Waals surface area (Å²) in [5, 5.41) is 7.50. The van der Waals surface area contributed by atoms with Crippen molar-refractivity contribution in [1.29, 1.82) is 0 Å². The van der Waals surface area contributed by atoms with E-state index >= 15 is 0 Å². The van der Waals surface area contributed by atoms with Crippen molar-refractivity contribution in [3.05, 3.63) is 11.8 Å². The van der Waals surface area contributed by atoms with Crippen LogP contribution in [-0.2, 0) is 4.79 Å². The molecule has 0 aliphatic heterocycles. The summed E-state index contributed by atoms with van der Waals surface area (Å²) in [6.07, 6.45) is 7.65. The van der Waals surface area contributed by atoms with Gasteiger partial charge in [-0.15, -0.1) is 0 Å². The minimum absolute atomic E-state index is 0.150. The highest BCUT2D eigenvalue weighted by atomic mass is 16.2. The molecule has 1 heterocycles. The molecule has 1 aromatic rings. The van der Waals surface area contributed by atoms with Gasteiger partial charge in [0.1, 0.15) is 0 Å². The maximum Gasteiger partial charge on any atom is 0.228 e. The van der Waals surface area contributed by atoms with Crippen LogP contribution in [0.5, 0.6) is 0 Å². The SMILES string of the molecule is Cc1cn(C(C)C)nc1NC(=O)[C@@H]1C[C@H]1C1CCC(N)CC1. The second kappa shape index (κ2) is 6.03. The number of rotatable bonds is 4. The van der Waals surface area contributed by atoms with E-state index in [-0.39, 0.29) is 11.8 Å². The van der Waals surface area contributed by atoms with Crippen molar-refractivity contribution in [3.63, 3.8) is 0 Å². The van der Waals surface area contributed by atoms with E-state index in [4.69, 9.17) is 5.73 Å². The third kappa shape index (κ3) is 3.19. The molecule has 3 N–H and O–H groups in total. The molecular formula is C17H28N4O. The number of aryl methyl sites for hydroxylation is 1. The van der Waals surface area contributed by atoms with Crippen LogP contribution in [0.4, 0.5) is 5.82 Å². The van der Waals surface area contributed by atoms with Gasteiger partial charge in [0.25, 0.3) is 0 Å². The van der Waals surface area contributed by atoms with Crippen LogP contribution >= 0.6 is 0 Å². The summed E-state index contributed by atoms with van der Waals surface area (Å²) in [5.41, 5.74) is 7.00. The van der Waals surface area contributed by atoms with E-state index in [0.29, 0.717) is 23.9 Å². The zero-order chi connectivity index (χ0) is 15.9. The Labute approximate surface area is 132 Å². The number of carbonyl (C=O) groups excluding carboxylic acids is 1. The van der Waals surface area contributed by atoms with Crippen molar-refractivity contribution in [2.75, 3.05) is 5.32 Å². The Bertz CT molecular complexity index is 543. The molecule has 0 saturated heterocycles. The van der Waals surface area contributed by atoms with Crippen molar-refractivity contribution in [1.82, 2.24) is 9.78 Å². The van der Waals surface area contributed by atoms with Gasteiger partial charge >= 0.3 is 0 Å². The Morgan fingerprint density at radius 2 is 2.05 bits per heavy atom. The molecule has 3 rings (SSSR count). The lowest BCUT2D eigenvalue weighted by molar-refractivity contribution is -0.117. The van der Waals surface area contributed by atoms with Gasteiger partial charge in [-0.05, 0) is 64.7 Å². The van der Waals surface area contributed by atoms with E-state index < -0.39 is 0 Å². The number of hydrogen-bond donors (Lipinski definition) is 2. The third-order valence-corrected chi connectivity index (χ3v) is 5.28. The van der Waals surface area contributed by atoms with Crippen LogP contribution in [0, 0.1) is 24.7 Å². The molecule has 5 nitrogen and oxygen atoms in total. The van der Waals surface area contributed by atoms with Gasteiger partial charge in [0.2, 0.25) is 5.91 Å². The van der Waals surface area contributed by atoms with Crippen LogP contribution in [0.3, 0.4) is 0 Å². The van der Waals surface area contributed by atoms with Crippen molar-refractivity contribution < 1.29 is 4.79 Å². The molecule has 22 heavy (non-hydrogen) atoms. The summed E-state index contributed by atoms with van der Waals surface area (Å²) in [7, 11) is 0. The molecule has 0 bridgehead atoms. The first-order chi connectivity index (χ1) is 10.5. The molecule has 0 radical (unpaired) electrons. The van der Waals surface area contributed by atoms with Crippen LogP contribution in [-0.4, -0.2) is 21.7 Å². The minimum Gasteiger partial charge on any atom is -0.328 e. The summed E-state index contributed by atoms with van der Waals surface area (Å²) >= 11 is 0. The second-order valence-electron chi connectivity index (χ2n) is 7.40. The smallest absolute Gasteiger partial charge is 0.228 e. The Hall–Kier alpha value is -1.36. The molecule has 2 atom stereocenters. The van der Waals surface area contributed by atoms with E-state index in [1.165, 1.54) is 12.8 Å². The molecule has 0 aromatic carbocycles. The Balaban J connectivity index is 1.55. The summed E-state index contributed by atoms with van der Waals surface area (Å²) in [6, 6.07) is 0.689. The molecule has 2 saturated carbocycles. The monoisotopic (exact) mass is 304 g/mol. The molecule has 2 aliphatic rings. The van der Waals surface area contributed by atoms with Crippen LogP contribution in [0.1, 0.15) is 57.6 Å². The van der Waals surface area contributed by atoms with E-state index in [9.17, 15) is 4.79 Å². The summed E-state index contributed by atoms with van der Waals surface area (Å²) < 4.78 is 1.90. The lowest BCUT2D eigenvalue weighted by Gasteiger charge is -2.26. The zero-order valence-electron chi connectivity index (χ0n) is 13.9. The van der Waals surface area contributed by atoms with Crippen molar-refractivity contribution in [2.24, 2.45) is 23.5 Å². The molecular weight excluding hydrogens is 276 g/mol. The van der Waals surface area contributed by atoms with E-state index in [1.807, 2.05) is 17.8 Å². The highest BCUT2D eigenvalue weighted by Crippen LogP contribution is 2.49. The van der Waals surface area contributed by atoms with Gasteiger partial charge in [0, 0.05) is 29.8 Å². The fraction of sp³-hybridized carbons (Fsp3) is 0.765. The Morgan fingerprint density at radius 3 is 2.64 bits per heavy atom. The number of nitrogens with one attached hydrogen (secondary N) is 1. The van der Waals surface area contributed by atoms with E-state index in [1.54, 1.807) is 0 Å². The molecule has 2 fully saturated rings. The number of nitrogens with two attached hydrogens (primary N) is 1. The predicted molar refractivity (Wildman–Crippen MR) is 87.5 cm³/mol. The quantitative estimate of drug-likeness (QED) is 0.898. The first-order valence-electron chi connectivity index (χ1n) is 8.58. The molecule has 5 heteroatoms. The minimum atomic E-state index is 0.150. The molecule has 1 aromatic heterocycles. The van der Waals surface area contributed by atoms with Gasteiger partial charge in [0.15, 0.2) is 5.82 Å². The van der Waals surface area contributed by atoms with Crippen LogP contribution in [0.25, 0.3) is 0 Å². The molecule has 122 valence electrons. The molecule has 1 amide bonds. The first kappa shape index (κ1) is 15.5. The maximum atomic E-state index is 12.4. The third-order valence-electron chi connectivity index (χ3n) is 5.28. The van der Waals surface area contributed by atoms with Crippen LogP contribution in [0.2, 0.25) is 0 Å². The molecule has 2 aliphatic carbocycles. The lowest BCUT2D eigenvalue weighted by atomic mass is 9.83. The number of aromatic nitrogens is 2. The fourth-order valence-electron chi connectivity index (χ4n) is 3.69. The van der Waals surface area contributed by atoms with Gasteiger partial charge < -0.3 is 11.1 Å². The largest absolute Gasteiger partial charge is 0.328 e. The normalized spacial score (nSPS) is 31.3. The first-order valence-corrected chi connectivity index (χ1v) is 8.58. The summed E-state index contributed by atoms with van der Waals surface area (Å²) in [5.74, 6) is 2.32. The zero-order valence-corrected chi connectivity index (χ0v) is 13.9. The van der Waals surface area contributed by atoms with E-state index in [2.05, 4.69) is 24.3 Å².